The molecule has 0 saturated carbocycles. The third-order valence-electron chi connectivity index (χ3n) is 4.08. The highest BCUT2D eigenvalue weighted by atomic mass is 16.3. The van der Waals surface area contributed by atoms with E-state index in [-0.39, 0.29) is 11.7 Å². The number of phenolic OH excluding ortho intramolecular Hbond substituents is 1. The van der Waals surface area contributed by atoms with Crippen molar-refractivity contribution in [3.63, 3.8) is 0 Å². The summed E-state index contributed by atoms with van der Waals surface area (Å²) >= 11 is 0. The first-order valence-electron chi connectivity index (χ1n) is 8.58. The number of carbonyl (C=O) groups is 1. The summed E-state index contributed by atoms with van der Waals surface area (Å²) in [6, 6.07) is 16.9. The molecule has 132 valence electrons. The Hall–Kier alpha value is -3.21. The maximum atomic E-state index is 12.1. The van der Waals surface area contributed by atoms with E-state index in [2.05, 4.69) is 27.4 Å². The van der Waals surface area contributed by atoms with Crippen LogP contribution in [0.2, 0.25) is 0 Å². The van der Waals surface area contributed by atoms with Gasteiger partial charge in [-0.3, -0.25) is 4.79 Å². The Morgan fingerprint density at radius 3 is 2.50 bits per heavy atom. The molecule has 0 unspecified atom stereocenters. The fraction of sp³-hybridized carbons (Fsp3) is 0.190. The highest BCUT2D eigenvalue weighted by Crippen LogP contribution is 2.21. The van der Waals surface area contributed by atoms with Crippen LogP contribution in [0.15, 0.2) is 60.8 Å². The normalized spacial score (nSPS) is 10.5. The quantitative estimate of drug-likeness (QED) is 0.703. The Labute approximate surface area is 152 Å². The lowest BCUT2D eigenvalue weighted by Crippen LogP contribution is -2.14. The number of hydrogen-bond donors (Lipinski definition) is 2. The highest BCUT2D eigenvalue weighted by Gasteiger charge is 2.09. The number of nitrogens with one attached hydrogen (secondary N) is 1. The molecule has 1 heterocycles. The molecule has 0 aliphatic carbocycles. The maximum Gasteiger partial charge on any atom is 0.225 e. The molecule has 3 rings (SSSR count). The van der Waals surface area contributed by atoms with E-state index in [1.54, 1.807) is 30.5 Å². The molecule has 0 fully saturated rings. The zero-order chi connectivity index (χ0) is 18.4. The molecule has 5 nitrogen and oxygen atoms in total. The van der Waals surface area contributed by atoms with Crippen LogP contribution in [-0.2, 0) is 11.2 Å². The lowest BCUT2D eigenvalue weighted by atomic mass is 10.1. The maximum absolute atomic E-state index is 12.1. The van der Waals surface area contributed by atoms with Crippen LogP contribution >= 0.6 is 0 Å². The Kier molecular flexibility index (Phi) is 5.59. The van der Waals surface area contributed by atoms with Gasteiger partial charge < -0.3 is 10.4 Å². The van der Waals surface area contributed by atoms with Crippen LogP contribution < -0.4 is 5.32 Å². The zero-order valence-corrected chi connectivity index (χ0v) is 14.6. The molecular formula is C21H21N3O2. The Bertz CT molecular complexity index is 878. The molecule has 0 radical (unpaired) electrons. The van der Waals surface area contributed by atoms with Gasteiger partial charge in [0.25, 0.3) is 0 Å². The van der Waals surface area contributed by atoms with Crippen LogP contribution in [-0.4, -0.2) is 21.0 Å². The van der Waals surface area contributed by atoms with Gasteiger partial charge in [-0.05, 0) is 49.6 Å². The molecule has 3 aromatic rings. The predicted molar refractivity (Wildman–Crippen MR) is 102 cm³/mol. The number of nitrogens with zero attached hydrogens (tertiary/aromatic N) is 2. The lowest BCUT2D eigenvalue weighted by molar-refractivity contribution is -0.116. The molecule has 0 aliphatic rings. The first kappa shape index (κ1) is 17.6. The van der Waals surface area contributed by atoms with Crippen LogP contribution in [0.4, 0.5) is 5.82 Å². The van der Waals surface area contributed by atoms with Gasteiger partial charge in [-0.15, -0.1) is 0 Å². The summed E-state index contributed by atoms with van der Waals surface area (Å²) in [5, 5.41) is 12.2. The van der Waals surface area contributed by atoms with E-state index in [0.29, 0.717) is 23.6 Å². The van der Waals surface area contributed by atoms with E-state index < -0.39 is 0 Å². The largest absolute Gasteiger partial charge is 0.508 e. The number of aryl methyl sites for hydroxylation is 2. The lowest BCUT2D eigenvalue weighted by Gasteiger charge is -2.09. The minimum Gasteiger partial charge on any atom is -0.508 e. The molecular weight excluding hydrogens is 326 g/mol. The summed E-state index contributed by atoms with van der Waals surface area (Å²) in [7, 11) is 0. The average Bonchev–Trinajstić information content (AvgIpc) is 2.65. The molecule has 2 aromatic carbocycles. The van der Waals surface area contributed by atoms with Crippen molar-refractivity contribution in [2.75, 3.05) is 5.32 Å². The summed E-state index contributed by atoms with van der Waals surface area (Å²) in [6.07, 6.45) is 3.72. The molecule has 0 bridgehead atoms. The van der Waals surface area contributed by atoms with Gasteiger partial charge in [0.2, 0.25) is 5.91 Å². The van der Waals surface area contributed by atoms with Gasteiger partial charge in [-0.1, -0.05) is 30.3 Å². The summed E-state index contributed by atoms with van der Waals surface area (Å²) < 4.78 is 0. The van der Waals surface area contributed by atoms with Gasteiger partial charge >= 0.3 is 0 Å². The van der Waals surface area contributed by atoms with E-state index in [4.69, 9.17) is 0 Å². The number of hydrogen-bond acceptors (Lipinski definition) is 4. The molecule has 26 heavy (non-hydrogen) atoms. The van der Waals surface area contributed by atoms with E-state index in [9.17, 15) is 9.90 Å². The SMILES string of the molecule is Cc1nc(-c2ccc(O)cc2)cnc1NC(=O)CCCc1ccccc1. The van der Waals surface area contributed by atoms with Crippen molar-refractivity contribution in [3.05, 3.63) is 72.1 Å². The van der Waals surface area contributed by atoms with Crippen molar-refractivity contribution < 1.29 is 9.90 Å². The fourth-order valence-corrected chi connectivity index (χ4v) is 2.67. The average molecular weight is 347 g/mol. The van der Waals surface area contributed by atoms with Crippen LogP contribution in [0.5, 0.6) is 5.75 Å². The van der Waals surface area contributed by atoms with Crippen molar-refractivity contribution in [3.8, 4) is 17.0 Å². The van der Waals surface area contributed by atoms with Gasteiger partial charge in [0.05, 0.1) is 17.6 Å². The third kappa shape index (κ3) is 4.66. The number of aromatic hydroxyl groups is 1. The van der Waals surface area contributed by atoms with Crippen LogP contribution in [0.3, 0.4) is 0 Å². The predicted octanol–water partition coefficient (Wildman–Crippen LogP) is 4.12. The summed E-state index contributed by atoms with van der Waals surface area (Å²) in [5.41, 5.74) is 3.45. The number of amides is 1. The molecule has 0 atom stereocenters. The topological polar surface area (TPSA) is 75.1 Å². The summed E-state index contributed by atoms with van der Waals surface area (Å²) in [5.74, 6) is 0.630. The van der Waals surface area contributed by atoms with Gasteiger partial charge in [0.15, 0.2) is 5.82 Å². The number of anilines is 1. The summed E-state index contributed by atoms with van der Waals surface area (Å²) in [4.78, 5) is 21.0. The van der Waals surface area contributed by atoms with Crippen LogP contribution in [0, 0.1) is 6.92 Å². The number of carbonyl (C=O) groups excluding carboxylic acids is 1. The minimum atomic E-state index is -0.0595. The number of benzene rings is 2. The number of aromatic nitrogens is 2. The van der Waals surface area contributed by atoms with Crippen molar-refractivity contribution >= 4 is 11.7 Å². The van der Waals surface area contributed by atoms with Crippen molar-refractivity contribution in [2.45, 2.75) is 26.2 Å². The van der Waals surface area contributed by atoms with E-state index in [0.717, 1.165) is 18.4 Å². The second-order valence-corrected chi connectivity index (χ2v) is 6.12. The Balaban J connectivity index is 1.57. The standard InChI is InChI=1S/C21H21N3O2/c1-15-21(22-14-19(23-15)17-10-12-18(25)13-11-17)24-20(26)9-5-8-16-6-3-2-4-7-16/h2-4,6-7,10-14,25H,5,8-9H2,1H3,(H,22,24,26). The third-order valence-corrected chi connectivity index (χ3v) is 4.08. The van der Waals surface area contributed by atoms with Gasteiger partial charge in [0, 0.05) is 12.0 Å². The molecule has 1 aromatic heterocycles. The molecule has 5 heteroatoms. The Morgan fingerprint density at radius 1 is 1.08 bits per heavy atom. The van der Waals surface area contributed by atoms with Gasteiger partial charge in [-0.25, -0.2) is 9.97 Å². The molecule has 1 amide bonds. The van der Waals surface area contributed by atoms with E-state index >= 15 is 0 Å². The van der Waals surface area contributed by atoms with E-state index in [1.165, 1.54) is 5.56 Å². The number of rotatable bonds is 6. The van der Waals surface area contributed by atoms with Gasteiger partial charge in [0.1, 0.15) is 5.75 Å². The molecule has 0 saturated heterocycles. The highest BCUT2D eigenvalue weighted by molar-refractivity contribution is 5.90. The minimum absolute atomic E-state index is 0.0595. The van der Waals surface area contributed by atoms with Gasteiger partial charge in [-0.2, -0.15) is 0 Å². The smallest absolute Gasteiger partial charge is 0.225 e. The zero-order valence-electron chi connectivity index (χ0n) is 14.6. The van der Waals surface area contributed by atoms with Crippen LogP contribution in [0.1, 0.15) is 24.1 Å². The fourth-order valence-electron chi connectivity index (χ4n) is 2.67. The second-order valence-electron chi connectivity index (χ2n) is 6.12. The second kappa shape index (κ2) is 8.25. The van der Waals surface area contributed by atoms with Crippen molar-refractivity contribution in [1.29, 1.82) is 0 Å². The molecule has 2 N–H and O–H groups in total. The Morgan fingerprint density at radius 2 is 1.81 bits per heavy atom. The summed E-state index contributed by atoms with van der Waals surface area (Å²) in [6.45, 7) is 1.82. The van der Waals surface area contributed by atoms with Crippen LogP contribution in [0.25, 0.3) is 11.3 Å². The first-order chi connectivity index (χ1) is 12.6. The van der Waals surface area contributed by atoms with Crippen molar-refractivity contribution in [1.82, 2.24) is 9.97 Å². The van der Waals surface area contributed by atoms with Crippen molar-refractivity contribution in [2.24, 2.45) is 0 Å². The number of phenols is 1. The monoisotopic (exact) mass is 347 g/mol. The van der Waals surface area contributed by atoms with E-state index in [1.807, 2.05) is 25.1 Å². The molecule has 0 aliphatic heterocycles. The first-order valence-corrected chi connectivity index (χ1v) is 8.58. The molecule has 0 spiro atoms.